The Morgan fingerprint density at radius 2 is 1.67 bits per heavy atom. The molecule has 0 aliphatic heterocycles. The van der Waals surface area contributed by atoms with Crippen molar-refractivity contribution >= 4 is 10.1 Å². The molecule has 0 spiro atoms. The molecule has 0 aliphatic rings. The molecule has 1 N–H and O–H groups in total. The number of hydrogen-bond donors (Lipinski definition) is 1. The number of nitrogens with zero attached hydrogens (tertiary/aromatic N) is 2. The summed E-state index contributed by atoms with van der Waals surface area (Å²) in [6.07, 6.45) is -5.53. The molecule has 2 aromatic carbocycles. The second-order valence-electron chi connectivity index (χ2n) is 7.86. The summed E-state index contributed by atoms with van der Waals surface area (Å²) in [4.78, 5) is 13.1. The van der Waals surface area contributed by atoms with Crippen LogP contribution in [0, 0.1) is 5.82 Å². The lowest BCUT2D eigenvalue weighted by atomic mass is 9.87. The van der Waals surface area contributed by atoms with Gasteiger partial charge in [-0.25, -0.2) is 9.18 Å². The zero-order chi connectivity index (χ0) is 26.9. The van der Waals surface area contributed by atoms with Crippen LogP contribution >= 0.6 is 0 Å². The van der Waals surface area contributed by atoms with Crippen molar-refractivity contribution in [3.63, 3.8) is 0 Å². The fourth-order valence-corrected chi connectivity index (χ4v) is 3.81. The summed E-state index contributed by atoms with van der Waals surface area (Å²) in [6.45, 7) is 0.434. The largest absolute Gasteiger partial charge is 0.461 e. The molecule has 0 bridgehead atoms. The van der Waals surface area contributed by atoms with E-state index in [1.165, 1.54) is 37.5 Å². The maximum Gasteiger partial charge on any atom is 0.461 e. The topological polar surface area (TPSA) is 99.8 Å². The van der Waals surface area contributed by atoms with Crippen LogP contribution in [0.25, 0.3) is 5.69 Å². The molecule has 0 saturated heterocycles. The van der Waals surface area contributed by atoms with Crippen LogP contribution in [0.4, 0.5) is 22.0 Å². The SMILES string of the molecule is C[C@@H](n1ccn(-c2ccc(OC(F)(F)C(F)F)cc2)c1=O)[C@](O)(COS(C)(=O)=O)c1ccccc1F. The summed E-state index contributed by atoms with van der Waals surface area (Å²) in [5, 5.41) is 11.4. The van der Waals surface area contributed by atoms with Gasteiger partial charge in [0, 0.05) is 18.0 Å². The number of halogens is 5. The highest BCUT2D eigenvalue weighted by molar-refractivity contribution is 7.85. The van der Waals surface area contributed by atoms with Crippen LogP contribution in [0.5, 0.6) is 5.75 Å². The molecule has 0 unspecified atom stereocenters. The van der Waals surface area contributed by atoms with Gasteiger partial charge in [0.25, 0.3) is 10.1 Å². The van der Waals surface area contributed by atoms with Crippen LogP contribution in [0.2, 0.25) is 0 Å². The van der Waals surface area contributed by atoms with Crippen molar-refractivity contribution in [3.05, 3.63) is 82.8 Å². The van der Waals surface area contributed by atoms with Crippen molar-refractivity contribution in [1.29, 1.82) is 0 Å². The van der Waals surface area contributed by atoms with E-state index in [0.29, 0.717) is 0 Å². The predicted molar refractivity (Wildman–Crippen MR) is 117 cm³/mol. The van der Waals surface area contributed by atoms with Crippen LogP contribution in [-0.2, 0) is 19.9 Å². The van der Waals surface area contributed by atoms with Gasteiger partial charge in [0.1, 0.15) is 23.8 Å². The monoisotopic (exact) mass is 536 g/mol. The van der Waals surface area contributed by atoms with E-state index in [2.05, 4.69) is 4.74 Å². The number of benzene rings is 2. The van der Waals surface area contributed by atoms with Gasteiger partial charge in [-0.05, 0) is 37.3 Å². The third-order valence-corrected chi connectivity index (χ3v) is 5.91. The first-order valence-corrected chi connectivity index (χ1v) is 12.0. The first kappa shape index (κ1) is 27.4. The molecule has 1 heterocycles. The number of alkyl halides is 4. The molecule has 196 valence electrons. The molecule has 2 atom stereocenters. The fraction of sp³-hybridized carbons (Fsp3) is 0.318. The van der Waals surface area contributed by atoms with Crippen molar-refractivity contribution in [1.82, 2.24) is 9.13 Å². The summed E-state index contributed by atoms with van der Waals surface area (Å²) in [5.74, 6) is -1.44. The normalized spacial score (nSPS) is 15.0. The maximum absolute atomic E-state index is 14.6. The quantitative estimate of drug-likeness (QED) is 0.315. The third-order valence-electron chi connectivity index (χ3n) is 5.37. The molecule has 3 aromatic rings. The molecule has 36 heavy (non-hydrogen) atoms. The van der Waals surface area contributed by atoms with Crippen LogP contribution in [0.1, 0.15) is 18.5 Å². The minimum atomic E-state index is -4.71. The molecular formula is C22H21F5N2O6S. The van der Waals surface area contributed by atoms with Gasteiger partial charge in [0.15, 0.2) is 0 Å². The van der Waals surface area contributed by atoms with E-state index in [-0.39, 0.29) is 11.3 Å². The zero-order valence-electron chi connectivity index (χ0n) is 18.8. The summed E-state index contributed by atoms with van der Waals surface area (Å²) in [7, 11) is -4.05. The first-order valence-electron chi connectivity index (χ1n) is 10.2. The van der Waals surface area contributed by atoms with Gasteiger partial charge in [0.05, 0.1) is 18.0 Å². The highest BCUT2D eigenvalue weighted by Crippen LogP contribution is 2.35. The first-order chi connectivity index (χ1) is 16.7. The molecule has 0 radical (unpaired) electrons. The van der Waals surface area contributed by atoms with Gasteiger partial charge in [-0.3, -0.25) is 13.3 Å². The maximum atomic E-state index is 14.6. The van der Waals surface area contributed by atoms with Crippen LogP contribution in [0.15, 0.2) is 65.7 Å². The zero-order valence-corrected chi connectivity index (χ0v) is 19.6. The Morgan fingerprint density at radius 3 is 2.22 bits per heavy atom. The predicted octanol–water partition coefficient (Wildman–Crippen LogP) is 3.44. The second-order valence-corrected chi connectivity index (χ2v) is 9.51. The van der Waals surface area contributed by atoms with E-state index < -0.39 is 58.2 Å². The molecule has 3 rings (SSSR count). The van der Waals surface area contributed by atoms with E-state index in [9.17, 15) is 40.3 Å². The molecule has 0 saturated carbocycles. The number of ether oxygens (including phenoxy) is 1. The lowest BCUT2D eigenvalue weighted by Crippen LogP contribution is -2.44. The van der Waals surface area contributed by atoms with Gasteiger partial charge >= 0.3 is 18.2 Å². The molecular weight excluding hydrogens is 515 g/mol. The van der Waals surface area contributed by atoms with Crippen LogP contribution in [-0.4, -0.2) is 48.1 Å². The average Bonchev–Trinajstić information content (AvgIpc) is 3.18. The van der Waals surface area contributed by atoms with Gasteiger partial charge in [0.2, 0.25) is 0 Å². The Labute approximate surface area is 202 Å². The van der Waals surface area contributed by atoms with Crippen molar-refractivity contribution < 1.29 is 44.4 Å². The van der Waals surface area contributed by atoms with E-state index in [4.69, 9.17) is 4.18 Å². The number of imidazole rings is 1. The van der Waals surface area contributed by atoms with Crippen molar-refractivity contribution in [2.24, 2.45) is 0 Å². The second kappa shape index (κ2) is 10.0. The third kappa shape index (κ3) is 5.77. The molecule has 0 aliphatic carbocycles. The number of rotatable bonds is 10. The number of aromatic nitrogens is 2. The Balaban J connectivity index is 1.97. The standard InChI is InChI=1S/C22H21F5N2O6S/c1-14(21(31,13-34-36(2,32)33)17-5-3-4-6-18(17)23)28-11-12-29(20(28)30)15-7-9-16(10-8-15)35-22(26,27)19(24)25/h3-12,14,19,31H,13H2,1-2H3/t14-,21-/m1/s1. The van der Waals surface area contributed by atoms with Crippen molar-refractivity contribution in [2.45, 2.75) is 31.1 Å². The summed E-state index contributed by atoms with van der Waals surface area (Å²) >= 11 is 0. The van der Waals surface area contributed by atoms with Crippen molar-refractivity contribution in [3.8, 4) is 11.4 Å². The average molecular weight is 536 g/mol. The van der Waals surface area contributed by atoms with Crippen molar-refractivity contribution in [2.75, 3.05) is 12.9 Å². The summed E-state index contributed by atoms with van der Waals surface area (Å²) in [5.41, 5.74) is -3.28. The number of hydrogen-bond acceptors (Lipinski definition) is 6. The summed E-state index contributed by atoms with van der Waals surface area (Å²) < 4.78 is 99.3. The number of aliphatic hydroxyl groups is 1. The Bertz CT molecular complexity index is 1370. The van der Waals surface area contributed by atoms with E-state index in [1.807, 2.05) is 0 Å². The Hall–Kier alpha value is -3.23. The molecule has 0 amide bonds. The van der Waals surface area contributed by atoms with Crippen LogP contribution < -0.4 is 10.4 Å². The molecule has 8 nitrogen and oxygen atoms in total. The van der Waals surface area contributed by atoms with E-state index in [0.717, 1.165) is 45.7 Å². The van der Waals surface area contributed by atoms with Gasteiger partial charge in [-0.2, -0.15) is 26.0 Å². The molecule has 14 heteroatoms. The lowest BCUT2D eigenvalue weighted by molar-refractivity contribution is -0.253. The van der Waals surface area contributed by atoms with E-state index in [1.54, 1.807) is 0 Å². The van der Waals surface area contributed by atoms with Gasteiger partial charge < -0.3 is 9.84 Å². The minimum Gasteiger partial charge on any atom is -0.428 e. The van der Waals surface area contributed by atoms with Gasteiger partial charge in [-0.15, -0.1) is 0 Å². The van der Waals surface area contributed by atoms with E-state index >= 15 is 0 Å². The molecule has 0 fully saturated rings. The van der Waals surface area contributed by atoms with Crippen LogP contribution in [0.3, 0.4) is 0 Å². The molecule has 1 aromatic heterocycles. The smallest absolute Gasteiger partial charge is 0.428 e. The fourth-order valence-electron chi connectivity index (χ4n) is 3.42. The minimum absolute atomic E-state index is 0.125. The Kier molecular flexibility index (Phi) is 7.62. The highest BCUT2D eigenvalue weighted by atomic mass is 32.2. The highest BCUT2D eigenvalue weighted by Gasteiger charge is 2.44. The van der Waals surface area contributed by atoms with Gasteiger partial charge in [-0.1, -0.05) is 18.2 Å². The summed E-state index contributed by atoms with van der Waals surface area (Å²) in [6, 6.07) is 7.98. The lowest BCUT2D eigenvalue weighted by Gasteiger charge is -2.34. The Morgan fingerprint density at radius 1 is 1.06 bits per heavy atom.